The summed E-state index contributed by atoms with van der Waals surface area (Å²) in [5, 5.41) is 3.41. The third-order valence-corrected chi connectivity index (χ3v) is 4.42. The number of hydrogen-bond acceptors (Lipinski definition) is 5. The van der Waals surface area contributed by atoms with E-state index in [1.165, 1.54) is 0 Å². The summed E-state index contributed by atoms with van der Waals surface area (Å²) in [5.74, 6) is -0.334. The predicted octanol–water partition coefficient (Wildman–Crippen LogP) is 3.56. The maximum absolute atomic E-state index is 12.1. The highest BCUT2D eigenvalue weighted by molar-refractivity contribution is 9.10. The second-order valence-electron chi connectivity index (χ2n) is 7.19. The van der Waals surface area contributed by atoms with Crippen molar-refractivity contribution in [2.24, 2.45) is 0 Å². The second kappa shape index (κ2) is 8.41. The van der Waals surface area contributed by atoms with Crippen LogP contribution < -0.4 is 5.32 Å². The molecule has 24 heavy (non-hydrogen) atoms. The van der Waals surface area contributed by atoms with E-state index < -0.39 is 11.2 Å². The molecule has 0 radical (unpaired) electrons. The smallest absolute Gasteiger partial charge is 0.332 e. The molecule has 1 saturated heterocycles. The summed E-state index contributed by atoms with van der Waals surface area (Å²) in [7, 11) is 0. The maximum atomic E-state index is 12.1. The van der Waals surface area contributed by atoms with Gasteiger partial charge in [-0.25, -0.2) is 4.79 Å². The van der Waals surface area contributed by atoms with E-state index in [0.717, 1.165) is 48.9 Å². The van der Waals surface area contributed by atoms with Crippen LogP contribution >= 0.6 is 15.9 Å². The summed E-state index contributed by atoms with van der Waals surface area (Å²) in [4.78, 5) is 16.6. The standard InChI is InChI=1S/C18H27BrN2O3/c1-17(2,3)24-16(22)13-23-18(8-4-10-20-11-5-9-18)15-7-6-14(19)12-21-15/h6-7,12,20H,4-5,8-11,13H2,1-3H3. The molecule has 6 heteroatoms. The van der Waals surface area contributed by atoms with Crippen molar-refractivity contribution in [1.82, 2.24) is 10.3 Å². The molecule has 0 amide bonds. The summed E-state index contributed by atoms with van der Waals surface area (Å²) < 4.78 is 12.5. The average molecular weight is 399 g/mol. The Morgan fingerprint density at radius 1 is 1.29 bits per heavy atom. The molecule has 1 N–H and O–H groups in total. The van der Waals surface area contributed by atoms with Crippen LogP contribution in [0.1, 0.15) is 52.1 Å². The zero-order chi connectivity index (χ0) is 17.6. The van der Waals surface area contributed by atoms with Gasteiger partial charge in [-0.2, -0.15) is 0 Å². The molecule has 134 valence electrons. The normalized spacial score (nSPS) is 18.5. The Kier molecular flexibility index (Phi) is 6.78. The van der Waals surface area contributed by atoms with E-state index in [4.69, 9.17) is 9.47 Å². The quantitative estimate of drug-likeness (QED) is 0.785. The van der Waals surface area contributed by atoms with Crippen LogP contribution in [0.3, 0.4) is 0 Å². The van der Waals surface area contributed by atoms with Crippen molar-refractivity contribution in [3.63, 3.8) is 0 Å². The van der Waals surface area contributed by atoms with Crippen LogP contribution in [0.5, 0.6) is 0 Å². The summed E-state index contributed by atoms with van der Waals surface area (Å²) in [5.41, 5.74) is -0.148. The molecule has 0 atom stereocenters. The Bertz CT molecular complexity index is 532. The molecule has 0 aliphatic carbocycles. The van der Waals surface area contributed by atoms with Gasteiger partial charge < -0.3 is 14.8 Å². The summed E-state index contributed by atoms with van der Waals surface area (Å²) in [6.07, 6.45) is 5.40. The van der Waals surface area contributed by atoms with Crippen molar-refractivity contribution >= 4 is 21.9 Å². The fraction of sp³-hybridized carbons (Fsp3) is 0.667. The summed E-state index contributed by atoms with van der Waals surface area (Å²) in [6, 6.07) is 3.95. The zero-order valence-electron chi connectivity index (χ0n) is 14.7. The molecule has 0 bridgehead atoms. The van der Waals surface area contributed by atoms with Crippen molar-refractivity contribution in [3.05, 3.63) is 28.5 Å². The fourth-order valence-electron chi connectivity index (χ4n) is 2.94. The molecule has 0 unspecified atom stereocenters. The number of pyridine rings is 1. The van der Waals surface area contributed by atoms with Crippen LogP contribution in [0.15, 0.2) is 22.8 Å². The van der Waals surface area contributed by atoms with Crippen LogP contribution in [0.2, 0.25) is 0 Å². The molecule has 2 heterocycles. The van der Waals surface area contributed by atoms with Crippen molar-refractivity contribution in [2.75, 3.05) is 19.7 Å². The SMILES string of the molecule is CC(C)(C)OC(=O)COC1(c2ccc(Br)cn2)CCCNCCC1. The Morgan fingerprint density at radius 3 is 2.50 bits per heavy atom. The van der Waals surface area contributed by atoms with Gasteiger partial charge in [0.1, 0.15) is 17.8 Å². The lowest BCUT2D eigenvalue weighted by Crippen LogP contribution is -2.38. The van der Waals surface area contributed by atoms with Crippen LogP contribution in [0.4, 0.5) is 0 Å². The monoisotopic (exact) mass is 398 g/mol. The van der Waals surface area contributed by atoms with E-state index in [-0.39, 0.29) is 12.6 Å². The van der Waals surface area contributed by atoms with E-state index in [0.29, 0.717) is 0 Å². The number of carbonyl (C=O) groups is 1. The Labute approximate surface area is 152 Å². The first-order valence-corrected chi connectivity index (χ1v) is 9.29. The number of rotatable bonds is 4. The summed E-state index contributed by atoms with van der Waals surface area (Å²) in [6.45, 7) is 7.43. The number of nitrogens with one attached hydrogen (secondary N) is 1. The number of esters is 1. The first-order chi connectivity index (χ1) is 11.3. The van der Waals surface area contributed by atoms with Gasteiger partial charge in [-0.05, 0) is 87.6 Å². The third kappa shape index (κ3) is 5.83. The van der Waals surface area contributed by atoms with Crippen LogP contribution in [0, 0.1) is 0 Å². The van der Waals surface area contributed by atoms with Crippen molar-refractivity contribution in [2.45, 2.75) is 57.7 Å². The number of aromatic nitrogens is 1. The first-order valence-electron chi connectivity index (χ1n) is 8.49. The van der Waals surface area contributed by atoms with E-state index in [1.807, 2.05) is 32.9 Å². The van der Waals surface area contributed by atoms with Crippen molar-refractivity contribution in [3.8, 4) is 0 Å². The topological polar surface area (TPSA) is 60.5 Å². The molecule has 5 nitrogen and oxygen atoms in total. The highest BCUT2D eigenvalue weighted by Crippen LogP contribution is 2.35. The lowest BCUT2D eigenvalue weighted by molar-refractivity contribution is -0.169. The lowest BCUT2D eigenvalue weighted by atomic mass is 9.87. The molecule has 1 fully saturated rings. The van der Waals surface area contributed by atoms with Gasteiger partial charge in [-0.1, -0.05) is 0 Å². The molecule has 0 spiro atoms. The Balaban J connectivity index is 2.15. The molecule has 0 saturated carbocycles. The minimum atomic E-state index is -0.528. The largest absolute Gasteiger partial charge is 0.458 e. The zero-order valence-corrected chi connectivity index (χ0v) is 16.3. The van der Waals surface area contributed by atoms with Gasteiger partial charge in [0, 0.05) is 10.7 Å². The molecule has 1 aliphatic rings. The van der Waals surface area contributed by atoms with Gasteiger partial charge >= 0.3 is 5.97 Å². The van der Waals surface area contributed by atoms with Crippen LogP contribution in [0.25, 0.3) is 0 Å². The Hall–Kier alpha value is -0.980. The molecule has 1 aliphatic heterocycles. The number of hydrogen-bond donors (Lipinski definition) is 1. The van der Waals surface area contributed by atoms with Gasteiger partial charge in [0.15, 0.2) is 0 Å². The average Bonchev–Trinajstić information content (AvgIpc) is 2.46. The summed E-state index contributed by atoms with van der Waals surface area (Å²) >= 11 is 3.42. The minimum absolute atomic E-state index is 0.0531. The minimum Gasteiger partial charge on any atom is -0.458 e. The number of ether oxygens (including phenoxy) is 2. The van der Waals surface area contributed by atoms with Gasteiger partial charge in [-0.15, -0.1) is 0 Å². The lowest BCUT2D eigenvalue weighted by Gasteiger charge is -2.35. The van der Waals surface area contributed by atoms with Gasteiger partial charge in [-0.3, -0.25) is 4.98 Å². The van der Waals surface area contributed by atoms with E-state index in [1.54, 1.807) is 6.20 Å². The van der Waals surface area contributed by atoms with Crippen LogP contribution in [-0.2, 0) is 19.9 Å². The molecule has 1 aromatic heterocycles. The van der Waals surface area contributed by atoms with E-state index >= 15 is 0 Å². The predicted molar refractivity (Wildman–Crippen MR) is 96.7 cm³/mol. The van der Waals surface area contributed by atoms with E-state index in [2.05, 4.69) is 26.2 Å². The Morgan fingerprint density at radius 2 is 1.96 bits per heavy atom. The molecular weight excluding hydrogens is 372 g/mol. The van der Waals surface area contributed by atoms with Crippen LogP contribution in [-0.4, -0.2) is 36.3 Å². The van der Waals surface area contributed by atoms with Gasteiger partial charge in [0.05, 0.1) is 5.69 Å². The number of halogens is 1. The van der Waals surface area contributed by atoms with Crippen molar-refractivity contribution < 1.29 is 14.3 Å². The third-order valence-electron chi connectivity index (χ3n) is 3.95. The first kappa shape index (κ1) is 19.3. The van der Waals surface area contributed by atoms with Gasteiger partial charge in [0.25, 0.3) is 0 Å². The molecule has 1 aromatic rings. The molecular formula is C18H27BrN2O3. The molecule has 0 aromatic carbocycles. The second-order valence-corrected chi connectivity index (χ2v) is 8.10. The highest BCUT2D eigenvalue weighted by atomic mass is 79.9. The van der Waals surface area contributed by atoms with Crippen molar-refractivity contribution in [1.29, 1.82) is 0 Å². The van der Waals surface area contributed by atoms with E-state index in [9.17, 15) is 4.79 Å². The van der Waals surface area contributed by atoms with Gasteiger partial charge in [0.2, 0.25) is 0 Å². The number of nitrogens with zero attached hydrogens (tertiary/aromatic N) is 1. The maximum Gasteiger partial charge on any atom is 0.332 e. The highest BCUT2D eigenvalue weighted by Gasteiger charge is 2.36. The molecule has 2 rings (SSSR count). The number of carbonyl (C=O) groups excluding carboxylic acids is 1. The fourth-order valence-corrected chi connectivity index (χ4v) is 3.17.